The number of nitrogens with zero attached hydrogens (tertiary/aromatic N) is 2. The van der Waals surface area contributed by atoms with Gasteiger partial charge in [0.05, 0.1) is 0 Å². The van der Waals surface area contributed by atoms with Crippen molar-refractivity contribution in [1.82, 2.24) is 4.90 Å². The standard InChI is InChI=1S/C19H26N2O2/c1-13-3-2-9-20(13)12-15-11-17(15)14-4-6-16(7-5-14)21-10-8-18(22)19(21)23/h4-7,13,15,17-18,22H,2-3,8-12H2,1H3/t13?,15-,17-,18?/m1/s1. The Morgan fingerprint density at radius 2 is 1.96 bits per heavy atom. The third kappa shape index (κ3) is 2.90. The number of aliphatic hydroxyl groups is 1. The molecule has 2 heterocycles. The van der Waals surface area contributed by atoms with Crippen molar-refractivity contribution >= 4 is 11.6 Å². The molecular formula is C19H26N2O2. The first kappa shape index (κ1) is 15.2. The van der Waals surface area contributed by atoms with Crippen LogP contribution >= 0.6 is 0 Å². The SMILES string of the molecule is CC1CCCN1C[C@H]1C[C@@H]1c1ccc(N2CCC(O)C2=O)cc1. The van der Waals surface area contributed by atoms with Gasteiger partial charge in [-0.1, -0.05) is 12.1 Å². The molecule has 0 radical (unpaired) electrons. The second-order valence-corrected chi connectivity index (χ2v) is 7.47. The van der Waals surface area contributed by atoms with Crippen LogP contribution in [0, 0.1) is 5.92 Å². The summed E-state index contributed by atoms with van der Waals surface area (Å²) < 4.78 is 0. The summed E-state index contributed by atoms with van der Waals surface area (Å²) >= 11 is 0. The van der Waals surface area contributed by atoms with E-state index in [4.69, 9.17) is 0 Å². The fourth-order valence-electron chi connectivity index (χ4n) is 4.25. The Labute approximate surface area is 138 Å². The Hall–Kier alpha value is -1.39. The quantitative estimate of drug-likeness (QED) is 0.928. The molecule has 124 valence electrons. The van der Waals surface area contributed by atoms with Crippen LogP contribution in [0.15, 0.2) is 24.3 Å². The predicted molar refractivity (Wildman–Crippen MR) is 90.5 cm³/mol. The van der Waals surface area contributed by atoms with E-state index >= 15 is 0 Å². The summed E-state index contributed by atoms with van der Waals surface area (Å²) in [6.45, 7) is 5.48. The molecule has 2 aliphatic heterocycles. The van der Waals surface area contributed by atoms with Gasteiger partial charge in [-0.15, -0.1) is 0 Å². The Morgan fingerprint density at radius 3 is 2.57 bits per heavy atom. The van der Waals surface area contributed by atoms with Crippen LogP contribution in [0.25, 0.3) is 0 Å². The maximum Gasteiger partial charge on any atom is 0.255 e. The Bertz CT molecular complexity index is 586. The molecule has 1 N–H and O–H groups in total. The number of hydrogen-bond acceptors (Lipinski definition) is 3. The van der Waals surface area contributed by atoms with Gasteiger partial charge in [-0.2, -0.15) is 0 Å². The topological polar surface area (TPSA) is 43.8 Å². The number of carbonyl (C=O) groups excluding carboxylic acids is 1. The first-order valence-corrected chi connectivity index (χ1v) is 8.97. The molecule has 1 aromatic rings. The van der Waals surface area contributed by atoms with Gasteiger partial charge in [0.2, 0.25) is 0 Å². The maximum absolute atomic E-state index is 11.9. The Kier molecular flexibility index (Phi) is 3.90. The first-order valence-electron chi connectivity index (χ1n) is 8.97. The highest BCUT2D eigenvalue weighted by Crippen LogP contribution is 2.48. The molecule has 0 spiro atoms. The number of likely N-dealkylation sites (tertiary alicyclic amines) is 1. The molecule has 1 aromatic carbocycles. The van der Waals surface area contributed by atoms with E-state index in [0.29, 0.717) is 18.9 Å². The van der Waals surface area contributed by atoms with Crippen LogP contribution in [0.4, 0.5) is 5.69 Å². The molecule has 1 aliphatic carbocycles. The van der Waals surface area contributed by atoms with Crippen molar-refractivity contribution in [2.45, 2.75) is 50.7 Å². The molecule has 0 bridgehead atoms. The molecule has 1 amide bonds. The molecule has 23 heavy (non-hydrogen) atoms. The van der Waals surface area contributed by atoms with Crippen LogP contribution in [-0.2, 0) is 4.79 Å². The van der Waals surface area contributed by atoms with Crippen LogP contribution in [0.2, 0.25) is 0 Å². The third-order valence-electron chi connectivity index (χ3n) is 5.89. The lowest BCUT2D eigenvalue weighted by Crippen LogP contribution is -2.29. The van der Waals surface area contributed by atoms with E-state index in [9.17, 15) is 9.90 Å². The highest BCUT2D eigenvalue weighted by molar-refractivity contribution is 5.98. The number of amides is 1. The maximum atomic E-state index is 11.9. The van der Waals surface area contributed by atoms with Crippen molar-refractivity contribution in [3.05, 3.63) is 29.8 Å². The molecule has 1 saturated carbocycles. The zero-order valence-electron chi connectivity index (χ0n) is 13.8. The highest BCUT2D eigenvalue weighted by Gasteiger charge is 2.40. The summed E-state index contributed by atoms with van der Waals surface area (Å²) in [5, 5.41) is 9.58. The van der Waals surface area contributed by atoms with Gasteiger partial charge >= 0.3 is 0 Å². The number of anilines is 1. The van der Waals surface area contributed by atoms with Crippen molar-refractivity contribution in [3.63, 3.8) is 0 Å². The fraction of sp³-hybridized carbons (Fsp3) is 0.632. The van der Waals surface area contributed by atoms with Gasteiger partial charge in [0.1, 0.15) is 6.10 Å². The average Bonchev–Trinajstić information content (AvgIpc) is 3.09. The van der Waals surface area contributed by atoms with Gasteiger partial charge in [-0.05, 0) is 62.3 Å². The van der Waals surface area contributed by atoms with Crippen molar-refractivity contribution in [2.24, 2.45) is 5.92 Å². The van der Waals surface area contributed by atoms with Crippen LogP contribution in [0.5, 0.6) is 0 Å². The van der Waals surface area contributed by atoms with Crippen molar-refractivity contribution in [2.75, 3.05) is 24.5 Å². The third-order valence-corrected chi connectivity index (χ3v) is 5.89. The molecular weight excluding hydrogens is 288 g/mol. The molecule has 4 rings (SSSR count). The van der Waals surface area contributed by atoms with E-state index < -0.39 is 6.10 Å². The molecule has 4 atom stereocenters. The van der Waals surface area contributed by atoms with Gasteiger partial charge in [0, 0.05) is 31.2 Å². The van der Waals surface area contributed by atoms with Crippen LogP contribution in [-0.4, -0.2) is 47.7 Å². The lowest BCUT2D eigenvalue weighted by atomic mass is 10.1. The normalized spacial score (nSPS) is 34.3. The number of aliphatic hydroxyl groups excluding tert-OH is 1. The smallest absolute Gasteiger partial charge is 0.255 e. The predicted octanol–water partition coefficient (Wildman–Crippen LogP) is 2.37. The number of carbonyl (C=O) groups is 1. The minimum atomic E-state index is -0.815. The summed E-state index contributed by atoms with van der Waals surface area (Å²) in [5.41, 5.74) is 2.32. The zero-order chi connectivity index (χ0) is 16.0. The largest absolute Gasteiger partial charge is 0.383 e. The average molecular weight is 314 g/mol. The van der Waals surface area contributed by atoms with Crippen molar-refractivity contribution < 1.29 is 9.90 Å². The molecule has 4 nitrogen and oxygen atoms in total. The first-order chi connectivity index (χ1) is 11.1. The lowest BCUT2D eigenvalue weighted by Gasteiger charge is -2.21. The molecule has 2 saturated heterocycles. The fourth-order valence-corrected chi connectivity index (χ4v) is 4.25. The number of hydrogen-bond donors (Lipinski definition) is 1. The summed E-state index contributed by atoms with van der Waals surface area (Å²) in [4.78, 5) is 16.2. The summed E-state index contributed by atoms with van der Waals surface area (Å²) in [5.74, 6) is 1.33. The second kappa shape index (κ2) is 5.91. The zero-order valence-corrected chi connectivity index (χ0v) is 13.8. The lowest BCUT2D eigenvalue weighted by molar-refractivity contribution is -0.123. The molecule has 3 fully saturated rings. The monoisotopic (exact) mass is 314 g/mol. The van der Waals surface area contributed by atoms with E-state index in [1.807, 2.05) is 12.1 Å². The van der Waals surface area contributed by atoms with Gasteiger partial charge in [-0.25, -0.2) is 0 Å². The van der Waals surface area contributed by atoms with E-state index in [0.717, 1.165) is 17.6 Å². The van der Waals surface area contributed by atoms with Gasteiger partial charge in [0.25, 0.3) is 5.91 Å². The van der Waals surface area contributed by atoms with Crippen LogP contribution < -0.4 is 4.90 Å². The minimum Gasteiger partial charge on any atom is -0.383 e. The van der Waals surface area contributed by atoms with Crippen molar-refractivity contribution in [3.8, 4) is 0 Å². The Morgan fingerprint density at radius 1 is 1.17 bits per heavy atom. The van der Waals surface area contributed by atoms with Gasteiger partial charge in [-0.3, -0.25) is 4.79 Å². The molecule has 4 heteroatoms. The van der Waals surface area contributed by atoms with Crippen LogP contribution in [0.3, 0.4) is 0 Å². The van der Waals surface area contributed by atoms with Gasteiger partial charge in [0.15, 0.2) is 0 Å². The molecule has 3 aliphatic rings. The number of benzene rings is 1. The van der Waals surface area contributed by atoms with Crippen LogP contribution in [0.1, 0.15) is 44.1 Å². The van der Waals surface area contributed by atoms with E-state index in [-0.39, 0.29) is 5.91 Å². The summed E-state index contributed by atoms with van der Waals surface area (Å²) in [6.07, 6.45) is 3.72. The van der Waals surface area contributed by atoms with Gasteiger partial charge < -0.3 is 14.9 Å². The van der Waals surface area contributed by atoms with E-state index in [1.165, 1.54) is 37.9 Å². The summed E-state index contributed by atoms with van der Waals surface area (Å²) in [6, 6.07) is 9.18. The number of rotatable bonds is 4. The van der Waals surface area contributed by atoms with E-state index in [2.05, 4.69) is 24.0 Å². The summed E-state index contributed by atoms with van der Waals surface area (Å²) in [7, 11) is 0. The molecule has 0 aromatic heterocycles. The second-order valence-electron chi connectivity index (χ2n) is 7.47. The molecule has 2 unspecified atom stereocenters. The van der Waals surface area contributed by atoms with E-state index in [1.54, 1.807) is 4.90 Å². The van der Waals surface area contributed by atoms with Crippen molar-refractivity contribution in [1.29, 1.82) is 0 Å². The minimum absolute atomic E-state index is 0.162. The Balaban J connectivity index is 1.37. The highest BCUT2D eigenvalue weighted by atomic mass is 16.3.